The second-order valence-electron chi connectivity index (χ2n) is 6.27. The quantitative estimate of drug-likeness (QED) is 0.686. The first-order valence-electron chi connectivity index (χ1n) is 8.01. The van der Waals surface area contributed by atoms with E-state index in [0.717, 1.165) is 17.0 Å². The van der Waals surface area contributed by atoms with Gasteiger partial charge in [-0.05, 0) is 17.5 Å². The lowest BCUT2D eigenvalue weighted by Crippen LogP contribution is -2.42. The second-order valence-corrected chi connectivity index (χ2v) is 6.27. The van der Waals surface area contributed by atoms with E-state index in [1.165, 1.54) is 12.3 Å². The van der Waals surface area contributed by atoms with Gasteiger partial charge < -0.3 is 15.0 Å². The number of halogens is 3. The van der Waals surface area contributed by atoms with Gasteiger partial charge in [0, 0.05) is 18.2 Å². The molecule has 27 heavy (non-hydrogen) atoms. The highest BCUT2D eigenvalue weighted by Crippen LogP contribution is 2.31. The summed E-state index contributed by atoms with van der Waals surface area (Å²) in [4.78, 5) is 27.1. The summed E-state index contributed by atoms with van der Waals surface area (Å²) < 4.78 is 40.2. The first-order chi connectivity index (χ1) is 12.7. The summed E-state index contributed by atoms with van der Waals surface area (Å²) in [7, 11) is 0. The van der Waals surface area contributed by atoms with E-state index in [-0.39, 0.29) is 16.3 Å². The Labute approximate surface area is 151 Å². The Bertz CT molecular complexity index is 986. The van der Waals surface area contributed by atoms with Crippen LogP contribution in [0.1, 0.15) is 18.2 Å². The van der Waals surface area contributed by atoms with Crippen molar-refractivity contribution in [2.75, 3.05) is 13.1 Å². The molecule has 2 atom stereocenters. The minimum Gasteiger partial charge on any atom is -0.374 e. The molecule has 1 saturated heterocycles. The van der Waals surface area contributed by atoms with Gasteiger partial charge in [0.25, 0.3) is 11.5 Å². The molecule has 0 spiro atoms. The molecule has 0 saturated carbocycles. The molecule has 10 heteroatoms. The van der Waals surface area contributed by atoms with Gasteiger partial charge in [0.15, 0.2) is 0 Å². The molecule has 142 valence electrons. The minimum absolute atomic E-state index is 0.0170. The van der Waals surface area contributed by atoms with E-state index in [1.54, 1.807) is 6.07 Å². The number of aliphatic hydroxyl groups is 1. The third kappa shape index (κ3) is 3.79. The van der Waals surface area contributed by atoms with Gasteiger partial charge in [-0.15, -0.1) is 0 Å². The molecule has 3 N–H and O–H groups in total. The SMILES string of the molecule is N#C[C@@H]1CC(F)(F)CN1C(=O)CNC(O)c1c[nH]c(=O)c2cc(F)ccc12. The predicted octanol–water partition coefficient (Wildman–Crippen LogP) is 1.01. The standard InChI is InChI=1S/C17H15F3N4O3/c18-9-1-2-11-12(3-9)15(26)22-6-13(11)16(27)23-7-14(25)24-8-17(19,20)4-10(24)5-21/h1-3,6,10,16,23,27H,4,7-8H2,(H,22,26)/t10-,16?/m0/s1. The van der Waals surface area contributed by atoms with Crippen LogP contribution in [-0.2, 0) is 4.79 Å². The maximum absolute atomic E-state index is 13.4. The summed E-state index contributed by atoms with van der Waals surface area (Å²) >= 11 is 0. The first kappa shape index (κ1) is 18.9. The van der Waals surface area contributed by atoms with E-state index in [1.807, 2.05) is 0 Å². The lowest BCUT2D eigenvalue weighted by atomic mass is 10.1. The van der Waals surface area contributed by atoms with Crippen LogP contribution in [-0.4, -0.2) is 46.0 Å². The average molecular weight is 380 g/mol. The molecular weight excluding hydrogens is 365 g/mol. The Hall–Kier alpha value is -2.90. The number of pyridine rings is 1. The van der Waals surface area contributed by atoms with E-state index in [2.05, 4.69) is 10.3 Å². The normalized spacial score (nSPS) is 19.8. The fourth-order valence-corrected chi connectivity index (χ4v) is 3.07. The molecule has 1 aromatic carbocycles. The number of likely N-dealkylation sites (tertiary alicyclic amines) is 1. The van der Waals surface area contributed by atoms with Gasteiger partial charge in [-0.1, -0.05) is 6.07 Å². The molecule has 1 aliphatic rings. The molecule has 0 aliphatic carbocycles. The Balaban J connectivity index is 1.75. The van der Waals surface area contributed by atoms with Crippen molar-refractivity contribution in [2.45, 2.75) is 24.6 Å². The summed E-state index contributed by atoms with van der Waals surface area (Å²) in [6, 6.07) is 3.88. The van der Waals surface area contributed by atoms with Gasteiger partial charge in [0.1, 0.15) is 18.1 Å². The number of amides is 1. The highest BCUT2D eigenvalue weighted by molar-refractivity contribution is 5.85. The maximum atomic E-state index is 13.4. The van der Waals surface area contributed by atoms with Gasteiger partial charge in [-0.2, -0.15) is 5.26 Å². The molecule has 1 aliphatic heterocycles. The number of aliphatic hydroxyl groups excluding tert-OH is 1. The van der Waals surface area contributed by atoms with Crippen molar-refractivity contribution >= 4 is 16.7 Å². The molecule has 1 amide bonds. The van der Waals surface area contributed by atoms with Gasteiger partial charge in [0.05, 0.1) is 24.5 Å². The molecule has 7 nitrogen and oxygen atoms in total. The molecule has 1 fully saturated rings. The van der Waals surface area contributed by atoms with Crippen molar-refractivity contribution in [3.8, 4) is 6.07 Å². The van der Waals surface area contributed by atoms with Gasteiger partial charge in [-0.3, -0.25) is 14.9 Å². The molecule has 0 radical (unpaired) electrons. The van der Waals surface area contributed by atoms with Crippen LogP contribution in [0.4, 0.5) is 13.2 Å². The maximum Gasteiger partial charge on any atom is 0.268 e. The summed E-state index contributed by atoms with van der Waals surface area (Å²) in [5.74, 6) is -4.52. The fourth-order valence-electron chi connectivity index (χ4n) is 3.07. The van der Waals surface area contributed by atoms with Crippen molar-refractivity contribution in [1.82, 2.24) is 15.2 Å². The van der Waals surface area contributed by atoms with Gasteiger partial charge >= 0.3 is 0 Å². The number of alkyl halides is 2. The van der Waals surface area contributed by atoms with Gasteiger partial charge in [0.2, 0.25) is 5.91 Å². The summed E-state index contributed by atoms with van der Waals surface area (Å²) in [6.45, 7) is -1.36. The summed E-state index contributed by atoms with van der Waals surface area (Å²) in [5.41, 5.74) is -0.367. The fraction of sp³-hybridized carbons (Fsp3) is 0.353. The first-order valence-corrected chi connectivity index (χ1v) is 8.01. The number of hydrogen-bond acceptors (Lipinski definition) is 5. The number of fused-ring (bicyclic) bond motifs is 1. The number of nitrogens with one attached hydrogen (secondary N) is 2. The third-order valence-corrected chi connectivity index (χ3v) is 4.38. The highest BCUT2D eigenvalue weighted by atomic mass is 19.3. The number of carbonyl (C=O) groups is 1. The van der Waals surface area contributed by atoms with Crippen LogP contribution in [0.15, 0.2) is 29.2 Å². The van der Waals surface area contributed by atoms with E-state index in [9.17, 15) is 27.9 Å². The lowest BCUT2D eigenvalue weighted by molar-refractivity contribution is -0.132. The highest BCUT2D eigenvalue weighted by Gasteiger charge is 2.47. The summed E-state index contributed by atoms with van der Waals surface area (Å²) in [5, 5.41) is 22.0. The topological polar surface area (TPSA) is 109 Å². The molecule has 2 aromatic rings. The van der Waals surface area contributed by atoms with Crippen molar-refractivity contribution in [3.05, 3.63) is 46.1 Å². The van der Waals surface area contributed by atoms with Crippen molar-refractivity contribution < 1.29 is 23.1 Å². The smallest absolute Gasteiger partial charge is 0.268 e. The van der Waals surface area contributed by atoms with E-state index < -0.39 is 55.0 Å². The van der Waals surface area contributed by atoms with Crippen molar-refractivity contribution in [3.63, 3.8) is 0 Å². The second kappa shape index (κ2) is 7.02. The molecule has 1 aromatic heterocycles. The number of aromatic amines is 1. The number of H-pyrrole nitrogens is 1. The third-order valence-electron chi connectivity index (χ3n) is 4.38. The van der Waals surface area contributed by atoms with Crippen LogP contribution < -0.4 is 10.9 Å². The Morgan fingerprint density at radius 3 is 2.93 bits per heavy atom. The zero-order chi connectivity index (χ0) is 19.8. The van der Waals surface area contributed by atoms with Crippen molar-refractivity contribution in [1.29, 1.82) is 5.26 Å². The minimum atomic E-state index is -3.13. The summed E-state index contributed by atoms with van der Waals surface area (Å²) in [6.07, 6.45) is -0.941. The van der Waals surface area contributed by atoms with Gasteiger partial charge in [-0.25, -0.2) is 13.2 Å². The molecule has 2 heterocycles. The number of hydrogen-bond donors (Lipinski definition) is 3. The van der Waals surface area contributed by atoms with Crippen LogP contribution in [0, 0.1) is 17.1 Å². The Kier molecular flexibility index (Phi) is 4.91. The number of rotatable bonds is 4. The largest absolute Gasteiger partial charge is 0.374 e. The molecular formula is C17H15F3N4O3. The van der Waals surface area contributed by atoms with Crippen LogP contribution in [0.2, 0.25) is 0 Å². The molecule has 1 unspecified atom stereocenters. The van der Waals surface area contributed by atoms with Crippen LogP contribution in [0.25, 0.3) is 10.8 Å². The molecule has 3 rings (SSSR count). The van der Waals surface area contributed by atoms with Crippen LogP contribution in [0.3, 0.4) is 0 Å². The number of benzene rings is 1. The number of nitriles is 1. The predicted molar refractivity (Wildman–Crippen MR) is 88.2 cm³/mol. The van der Waals surface area contributed by atoms with Crippen LogP contribution >= 0.6 is 0 Å². The monoisotopic (exact) mass is 380 g/mol. The zero-order valence-corrected chi connectivity index (χ0v) is 13.9. The Morgan fingerprint density at radius 1 is 1.48 bits per heavy atom. The van der Waals surface area contributed by atoms with Crippen LogP contribution in [0.5, 0.6) is 0 Å². The number of aromatic nitrogens is 1. The zero-order valence-electron chi connectivity index (χ0n) is 13.9. The van der Waals surface area contributed by atoms with E-state index >= 15 is 0 Å². The number of nitrogens with zero attached hydrogens (tertiary/aromatic N) is 2. The number of carbonyl (C=O) groups excluding carboxylic acids is 1. The Morgan fingerprint density at radius 2 is 2.22 bits per heavy atom. The van der Waals surface area contributed by atoms with E-state index in [0.29, 0.717) is 0 Å². The lowest BCUT2D eigenvalue weighted by Gasteiger charge is -2.21. The molecule has 0 bridgehead atoms. The van der Waals surface area contributed by atoms with Crippen molar-refractivity contribution in [2.24, 2.45) is 0 Å². The average Bonchev–Trinajstić information content (AvgIpc) is 2.95. The van der Waals surface area contributed by atoms with E-state index in [4.69, 9.17) is 5.26 Å².